The molecule has 0 radical (unpaired) electrons. The van der Waals surface area contributed by atoms with Crippen molar-refractivity contribution >= 4 is 11.9 Å². The quantitative estimate of drug-likeness (QED) is 0.355. The van der Waals surface area contributed by atoms with Crippen molar-refractivity contribution in [3.8, 4) is 5.75 Å². The largest absolute Gasteiger partial charge is 0.489 e. The molecular weight excluding hydrogens is 351 g/mol. The van der Waals surface area contributed by atoms with Gasteiger partial charge in [0.25, 0.3) is 5.91 Å². The van der Waals surface area contributed by atoms with Crippen LogP contribution >= 0.6 is 0 Å². The second kappa shape index (κ2) is 10.8. The molecule has 7 nitrogen and oxygen atoms in total. The maximum Gasteiger partial charge on any atom is 0.287 e. The SMILES string of the molecule is CCNC(=NCC(C)Oc1ccc(F)cc1)NCCNC(=O)c1ccco1. The number of carbonyl (C=O) groups is 1. The molecule has 1 atom stereocenters. The number of benzene rings is 1. The predicted molar refractivity (Wildman–Crippen MR) is 102 cm³/mol. The van der Waals surface area contributed by atoms with Crippen LogP contribution in [0.2, 0.25) is 0 Å². The summed E-state index contributed by atoms with van der Waals surface area (Å²) in [6.07, 6.45) is 1.28. The fourth-order valence-electron chi connectivity index (χ4n) is 2.20. The number of rotatable bonds is 9. The minimum Gasteiger partial charge on any atom is -0.489 e. The van der Waals surface area contributed by atoms with Crippen LogP contribution in [0.4, 0.5) is 4.39 Å². The van der Waals surface area contributed by atoms with Crippen LogP contribution in [-0.2, 0) is 0 Å². The molecule has 0 aliphatic heterocycles. The molecule has 1 amide bonds. The van der Waals surface area contributed by atoms with E-state index in [1.165, 1.54) is 18.4 Å². The number of amides is 1. The van der Waals surface area contributed by atoms with Crippen molar-refractivity contribution in [3.63, 3.8) is 0 Å². The highest BCUT2D eigenvalue weighted by molar-refractivity contribution is 5.91. The Labute approximate surface area is 158 Å². The highest BCUT2D eigenvalue weighted by Gasteiger charge is 2.08. The molecule has 0 bridgehead atoms. The molecular formula is C19H25FN4O3. The molecule has 0 saturated heterocycles. The predicted octanol–water partition coefficient (Wildman–Crippen LogP) is 2.17. The number of furan rings is 1. The van der Waals surface area contributed by atoms with E-state index in [4.69, 9.17) is 9.15 Å². The lowest BCUT2D eigenvalue weighted by Crippen LogP contribution is -2.42. The van der Waals surface area contributed by atoms with E-state index in [0.717, 1.165) is 0 Å². The van der Waals surface area contributed by atoms with Gasteiger partial charge < -0.3 is 25.1 Å². The number of ether oxygens (including phenoxy) is 1. The van der Waals surface area contributed by atoms with Gasteiger partial charge in [0.2, 0.25) is 0 Å². The number of halogens is 1. The monoisotopic (exact) mass is 376 g/mol. The smallest absolute Gasteiger partial charge is 0.287 e. The van der Waals surface area contributed by atoms with Gasteiger partial charge in [-0.15, -0.1) is 0 Å². The fraction of sp³-hybridized carbons (Fsp3) is 0.368. The van der Waals surface area contributed by atoms with E-state index in [1.807, 2.05) is 13.8 Å². The summed E-state index contributed by atoms with van der Waals surface area (Å²) in [5.41, 5.74) is 0. The first-order valence-corrected chi connectivity index (χ1v) is 8.84. The Balaban J connectivity index is 1.73. The van der Waals surface area contributed by atoms with E-state index in [1.54, 1.807) is 24.3 Å². The topological polar surface area (TPSA) is 87.9 Å². The van der Waals surface area contributed by atoms with Crippen LogP contribution in [0.25, 0.3) is 0 Å². The second-order valence-electron chi connectivity index (χ2n) is 5.76. The molecule has 0 saturated carbocycles. The molecule has 3 N–H and O–H groups in total. The molecule has 8 heteroatoms. The van der Waals surface area contributed by atoms with Gasteiger partial charge in [-0.2, -0.15) is 0 Å². The van der Waals surface area contributed by atoms with E-state index in [-0.39, 0.29) is 23.6 Å². The van der Waals surface area contributed by atoms with E-state index < -0.39 is 0 Å². The lowest BCUT2D eigenvalue weighted by atomic mass is 10.3. The standard InChI is InChI=1S/C19H25FN4O3/c1-3-21-19(23-11-10-22-18(25)17-5-4-12-26-17)24-13-14(2)27-16-8-6-15(20)7-9-16/h4-9,12,14H,3,10-11,13H2,1-2H3,(H,22,25)(H2,21,23,24). The van der Waals surface area contributed by atoms with E-state index >= 15 is 0 Å². The number of nitrogens with zero attached hydrogens (tertiary/aromatic N) is 1. The van der Waals surface area contributed by atoms with Crippen LogP contribution < -0.4 is 20.7 Å². The number of aliphatic imine (C=N–C) groups is 1. The van der Waals surface area contributed by atoms with Crippen molar-refractivity contribution in [2.24, 2.45) is 4.99 Å². The second-order valence-corrected chi connectivity index (χ2v) is 5.76. The zero-order valence-corrected chi connectivity index (χ0v) is 15.5. The van der Waals surface area contributed by atoms with Crippen LogP contribution in [0, 0.1) is 5.82 Å². The minimum atomic E-state index is -0.300. The summed E-state index contributed by atoms with van der Waals surface area (Å²) in [5, 5.41) is 9.02. The molecule has 27 heavy (non-hydrogen) atoms. The highest BCUT2D eigenvalue weighted by atomic mass is 19.1. The van der Waals surface area contributed by atoms with E-state index in [9.17, 15) is 9.18 Å². The summed E-state index contributed by atoms with van der Waals surface area (Å²) in [6.45, 7) is 5.91. The number of nitrogens with one attached hydrogen (secondary N) is 3. The first kappa shape index (κ1) is 20.3. The molecule has 2 rings (SSSR count). The zero-order chi connectivity index (χ0) is 19.5. The van der Waals surface area contributed by atoms with Crippen LogP contribution in [0.1, 0.15) is 24.4 Å². The third kappa shape index (κ3) is 7.39. The number of hydrogen-bond donors (Lipinski definition) is 3. The maximum absolute atomic E-state index is 12.9. The average Bonchev–Trinajstić information content (AvgIpc) is 3.19. The van der Waals surface area contributed by atoms with Crippen LogP contribution in [-0.4, -0.2) is 44.1 Å². The lowest BCUT2D eigenvalue weighted by molar-refractivity contribution is 0.0926. The van der Waals surface area contributed by atoms with Gasteiger partial charge in [0.05, 0.1) is 12.8 Å². The Morgan fingerprint density at radius 2 is 1.93 bits per heavy atom. The van der Waals surface area contributed by atoms with Crippen molar-refractivity contribution in [1.82, 2.24) is 16.0 Å². The average molecular weight is 376 g/mol. The maximum atomic E-state index is 12.9. The van der Waals surface area contributed by atoms with E-state index in [0.29, 0.717) is 37.9 Å². The summed E-state index contributed by atoms with van der Waals surface area (Å²) in [6, 6.07) is 9.15. The van der Waals surface area contributed by atoms with Gasteiger partial charge in [-0.3, -0.25) is 4.79 Å². The molecule has 1 aromatic carbocycles. The first-order chi connectivity index (χ1) is 13.1. The third-order valence-electron chi connectivity index (χ3n) is 3.45. The Kier molecular flexibility index (Phi) is 8.15. The third-order valence-corrected chi connectivity index (χ3v) is 3.45. The first-order valence-electron chi connectivity index (χ1n) is 8.84. The van der Waals surface area contributed by atoms with Gasteiger partial charge in [0, 0.05) is 19.6 Å². The molecule has 0 aliphatic carbocycles. The summed E-state index contributed by atoms with van der Waals surface area (Å²) in [4.78, 5) is 16.2. The Bertz CT molecular complexity index is 717. The van der Waals surface area contributed by atoms with Crippen LogP contribution in [0.3, 0.4) is 0 Å². The molecule has 146 valence electrons. The fourth-order valence-corrected chi connectivity index (χ4v) is 2.20. The molecule has 1 unspecified atom stereocenters. The van der Waals surface area contributed by atoms with Crippen LogP contribution in [0.15, 0.2) is 52.1 Å². The van der Waals surface area contributed by atoms with Crippen molar-refractivity contribution < 1.29 is 18.3 Å². The highest BCUT2D eigenvalue weighted by Crippen LogP contribution is 2.13. The van der Waals surface area contributed by atoms with Crippen molar-refractivity contribution in [2.45, 2.75) is 20.0 Å². The molecule has 2 aromatic rings. The minimum absolute atomic E-state index is 0.176. The van der Waals surface area contributed by atoms with Gasteiger partial charge in [0.1, 0.15) is 17.7 Å². The molecule has 1 heterocycles. The van der Waals surface area contributed by atoms with Crippen molar-refractivity contribution in [2.75, 3.05) is 26.2 Å². The van der Waals surface area contributed by atoms with Gasteiger partial charge in [-0.1, -0.05) is 0 Å². The summed E-state index contributed by atoms with van der Waals surface area (Å²) >= 11 is 0. The van der Waals surface area contributed by atoms with E-state index in [2.05, 4.69) is 20.9 Å². The summed E-state index contributed by atoms with van der Waals surface area (Å²) in [7, 11) is 0. The lowest BCUT2D eigenvalue weighted by Gasteiger charge is -2.15. The van der Waals surface area contributed by atoms with Crippen LogP contribution in [0.5, 0.6) is 5.75 Å². The van der Waals surface area contributed by atoms with Gasteiger partial charge in [-0.05, 0) is 50.2 Å². The van der Waals surface area contributed by atoms with Gasteiger partial charge in [0.15, 0.2) is 11.7 Å². The Morgan fingerprint density at radius 3 is 2.59 bits per heavy atom. The number of hydrogen-bond acceptors (Lipinski definition) is 4. The zero-order valence-electron chi connectivity index (χ0n) is 15.5. The Morgan fingerprint density at radius 1 is 1.19 bits per heavy atom. The number of carbonyl (C=O) groups excluding carboxylic acids is 1. The van der Waals surface area contributed by atoms with Crippen molar-refractivity contribution in [3.05, 3.63) is 54.2 Å². The molecule has 1 aromatic heterocycles. The molecule has 0 aliphatic rings. The van der Waals surface area contributed by atoms with Crippen molar-refractivity contribution in [1.29, 1.82) is 0 Å². The normalized spacial score (nSPS) is 12.3. The Hall–Kier alpha value is -3.03. The van der Waals surface area contributed by atoms with Gasteiger partial charge in [-0.25, -0.2) is 9.38 Å². The molecule has 0 spiro atoms. The number of guanidine groups is 1. The molecule has 0 fully saturated rings. The van der Waals surface area contributed by atoms with Gasteiger partial charge >= 0.3 is 0 Å². The summed E-state index contributed by atoms with van der Waals surface area (Å²) in [5.74, 6) is 0.940. The summed E-state index contributed by atoms with van der Waals surface area (Å²) < 4.78 is 23.6.